The summed E-state index contributed by atoms with van der Waals surface area (Å²) in [4.78, 5) is 12.4. The quantitative estimate of drug-likeness (QED) is 0.639. The maximum atomic E-state index is 12.4. The number of nitrogens with two attached hydrogens (primary N) is 2. The number of nitrogen functional groups attached to an aromatic ring is 2. The molecule has 0 saturated heterocycles. The zero-order chi connectivity index (χ0) is 17.4. The Hall–Kier alpha value is -3.22. The van der Waals surface area contributed by atoms with Crippen LogP contribution < -0.4 is 22.3 Å². The number of rotatable bonds is 3. The Bertz CT molecular complexity index is 950. The van der Waals surface area contributed by atoms with E-state index >= 15 is 0 Å². The van der Waals surface area contributed by atoms with Crippen molar-refractivity contribution in [3.8, 4) is 11.1 Å². The smallest absolute Gasteiger partial charge is 0.274 e. The molecule has 124 valence electrons. The number of benzene rings is 1. The molecule has 3 aromatic rings. The summed E-state index contributed by atoms with van der Waals surface area (Å²) in [5, 5.41) is 7.27. The highest BCUT2D eigenvalue weighted by Gasteiger charge is 2.11. The van der Waals surface area contributed by atoms with E-state index in [2.05, 4.69) is 10.4 Å². The Morgan fingerprint density at radius 3 is 2.58 bits per heavy atom. The molecule has 2 aromatic heterocycles. The maximum absolute atomic E-state index is 12.4. The lowest BCUT2D eigenvalue weighted by Gasteiger charge is -2.12. The summed E-state index contributed by atoms with van der Waals surface area (Å²) >= 11 is 0. The summed E-state index contributed by atoms with van der Waals surface area (Å²) in [6.07, 6.45) is 1.79. The summed E-state index contributed by atoms with van der Waals surface area (Å²) in [5.74, 6) is 1.03. The second kappa shape index (κ2) is 5.77. The predicted octanol–water partition coefficient (Wildman–Crippen LogP) is 2.00. The minimum Gasteiger partial charge on any atom is -0.398 e. The van der Waals surface area contributed by atoms with Crippen LogP contribution in [0.15, 0.2) is 41.3 Å². The zero-order valence-electron chi connectivity index (χ0n) is 13.9. The van der Waals surface area contributed by atoms with Gasteiger partial charge in [0.05, 0.1) is 0 Å². The highest BCUT2D eigenvalue weighted by Crippen LogP contribution is 2.28. The largest absolute Gasteiger partial charge is 0.398 e. The van der Waals surface area contributed by atoms with E-state index in [0.29, 0.717) is 23.0 Å². The van der Waals surface area contributed by atoms with E-state index < -0.39 is 0 Å². The Balaban J connectivity index is 2.09. The standard InChI is InChI=1S/C17H20N6O/c1-10-12(5-4-6-13(10)18)11-7-14(17(24)22(2)9-11)20-16-8-15(19)23(3)21-16/h4-9H,18-19H2,1-3H3,(H,20,21). The van der Waals surface area contributed by atoms with Gasteiger partial charge >= 0.3 is 0 Å². The van der Waals surface area contributed by atoms with Crippen LogP contribution in [0.4, 0.5) is 23.0 Å². The minimum absolute atomic E-state index is 0.149. The summed E-state index contributed by atoms with van der Waals surface area (Å²) in [6, 6.07) is 9.22. The van der Waals surface area contributed by atoms with Crippen LogP contribution in [-0.2, 0) is 14.1 Å². The molecule has 0 fully saturated rings. The Kier molecular flexibility index (Phi) is 3.76. The monoisotopic (exact) mass is 324 g/mol. The van der Waals surface area contributed by atoms with Crippen molar-refractivity contribution in [2.45, 2.75) is 6.92 Å². The Morgan fingerprint density at radius 1 is 1.17 bits per heavy atom. The van der Waals surface area contributed by atoms with E-state index in [1.165, 1.54) is 4.57 Å². The first kappa shape index (κ1) is 15.7. The third-order valence-electron chi connectivity index (χ3n) is 4.05. The number of aryl methyl sites for hydroxylation is 2. The molecule has 0 radical (unpaired) electrons. The lowest BCUT2D eigenvalue weighted by Crippen LogP contribution is -2.19. The fourth-order valence-corrected chi connectivity index (χ4v) is 2.60. The van der Waals surface area contributed by atoms with Gasteiger partial charge in [0.15, 0.2) is 5.82 Å². The van der Waals surface area contributed by atoms with E-state index in [1.54, 1.807) is 37.1 Å². The van der Waals surface area contributed by atoms with Crippen LogP contribution in [0, 0.1) is 6.92 Å². The van der Waals surface area contributed by atoms with E-state index in [-0.39, 0.29) is 5.56 Å². The molecule has 3 rings (SSSR count). The predicted molar refractivity (Wildman–Crippen MR) is 97.2 cm³/mol. The Labute approximate surface area is 139 Å². The molecule has 24 heavy (non-hydrogen) atoms. The molecule has 5 N–H and O–H groups in total. The number of nitrogens with one attached hydrogen (secondary N) is 1. The number of aromatic nitrogens is 3. The van der Waals surface area contributed by atoms with Crippen LogP contribution >= 0.6 is 0 Å². The second-order valence-corrected chi connectivity index (χ2v) is 5.78. The van der Waals surface area contributed by atoms with E-state index in [0.717, 1.165) is 16.7 Å². The molecule has 0 unspecified atom stereocenters. The highest BCUT2D eigenvalue weighted by molar-refractivity contribution is 5.75. The van der Waals surface area contributed by atoms with E-state index in [1.807, 2.05) is 25.1 Å². The minimum atomic E-state index is -0.149. The summed E-state index contributed by atoms with van der Waals surface area (Å²) in [6.45, 7) is 1.96. The van der Waals surface area contributed by atoms with Gasteiger partial charge in [-0.25, -0.2) is 0 Å². The van der Waals surface area contributed by atoms with Gasteiger partial charge in [-0.2, -0.15) is 5.10 Å². The molecule has 7 nitrogen and oxygen atoms in total. The van der Waals surface area contributed by atoms with Crippen LogP contribution in [-0.4, -0.2) is 14.3 Å². The van der Waals surface area contributed by atoms with Crippen molar-refractivity contribution < 1.29 is 0 Å². The van der Waals surface area contributed by atoms with Gasteiger partial charge < -0.3 is 21.4 Å². The molecule has 0 atom stereocenters. The second-order valence-electron chi connectivity index (χ2n) is 5.78. The van der Waals surface area contributed by atoms with Crippen molar-refractivity contribution in [2.75, 3.05) is 16.8 Å². The molecule has 2 heterocycles. The van der Waals surface area contributed by atoms with Crippen molar-refractivity contribution in [1.29, 1.82) is 0 Å². The van der Waals surface area contributed by atoms with Gasteiger partial charge in [0.1, 0.15) is 11.5 Å². The average molecular weight is 324 g/mol. The number of anilines is 4. The van der Waals surface area contributed by atoms with Crippen molar-refractivity contribution in [1.82, 2.24) is 14.3 Å². The molecule has 7 heteroatoms. The van der Waals surface area contributed by atoms with Crippen LogP contribution in [0.1, 0.15) is 5.56 Å². The third-order valence-corrected chi connectivity index (χ3v) is 4.05. The summed E-state index contributed by atoms with van der Waals surface area (Å²) in [5.41, 5.74) is 15.6. The molecular formula is C17H20N6O. The van der Waals surface area contributed by atoms with Crippen LogP contribution in [0.3, 0.4) is 0 Å². The topological polar surface area (TPSA) is 104 Å². The van der Waals surface area contributed by atoms with Crippen LogP contribution in [0.25, 0.3) is 11.1 Å². The van der Waals surface area contributed by atoms with E-state index in [9.17, 15) is 4.79 Å². The van der Waals surface area contributed by atoms with Crippen molar-refractivity contribution in [3.63, 3.8) is 0 Å². The van der Waals surface area contributed by atoms with Gasteiger partial charge in [-0.1, -0.05) is 12.1 Å². The van der Waals surface area contributed by atoms with Crippen molar-refractivity contribution in [3.05, 3.63) is 52.4 Å². The molecule has 0 aliphatic rings. The first-order chi connectivity index (χ1) is 11.4. The number of hydrogen-bond acceptors (Lipinski definition) is 5. The number of pyridine rings is 1. The molecule has 0 saturated carbocycles. The first-order valence-corrected chi connectivity index (χ1v) is 7.49. The van der Waals surface area contributed by atoms with Crippen molar-refractivity contribution >= 4 is 23.0 Å². The first-order valence-electron chi connectivity index (χ1n) is 7.49. The molecular weight excluding hydrogens is 304 g/mol. The molecule has 0 spiro atoms. The summed E-state index contributed by atoms with van der Waals surface area (Å²) < 4.78 is 3.07. The third kappa shape index (κ3) is 2.71. The van der Waals surface area contributed by atoms with Gasteiger partial charge in [-0.05, 0) is 30.2 Å². The number of hydrogen-bond donors (Lipinski definition) is 3. The van der Waals surface area contributed by atoms with Gasteiger partial charge in [0.25, 0.3) is 5.56 Å². The Morgan fingerprint density at radius 2 is 1.92 bits per heavy atom. The molecule has 1 aromatic carbocycles. The molecule has 0 amide bonds. The average Bonchev–Trinajstić information content (AvgIpc) is 2.84. The highest BCUT2D eigenvalue weighted by atomic mass is 16.1. The SMILES string of the molecule is Cc1c(N)cccc1-c1cc(Nc2cc(N)n(C)n2)c(=O)n(C)c1. The molecule has 0 aliphatic heterocycles. The van der Waals surface area contributed by atoms with Crippen LogP contribution in [0.5, 0.6) is 0 Å². The lowest BCUT2D eigenvalue weighted by molar-refractivity contribution is 0.782. The van der Waals surface area contributed by atoms with Gasteiger partial charge in [0.2, 0.25) is 0 Å². The van der Waals surface area contributed by atoms with Gasteiger partial charge in [-0.3, -0.25) is 9.48 Å². The fourth-order valence-electron chi connectivity index (χ4n) is 2.60. The molecule has 0 bridgehead atoms. The molecule has 0 aliphatic carbocycles. The maximum Gasteiger partial charge on any atom is 0.274 e. The summed E-state index contributed by atoms with van der Waals surface area (Å²) in [7, 11) is 3.45. The van der Waals surface area contributed by atoms with Gasteiger partial charge in [-0.15, -0.1) is 0 Å². The lowest BCUT2D eigenvalue weighted by atomic mass is 10.0. The fraction of sp³-hybridized carbons (Fsp3) is 0.176. The van der Waals surface area contributed by atoms with Crippen molar-refractivity contribution in [2.24, 2.45) is 14.1 Å². The normalized spacial score (nSPS) is 10.8. The number of nitrogens with zero attached hydrogens (tertiary/aromatic N) is 3. The van der Waals surface area contributed by atoms with Crippen LogP contribution in [0.2, 0.25) is 0 Å². The van der Waals surface area contributed by atoms with Gasteiger partial charge in [0, 0.05) is 37.6 Å². The van der Waals surface area contributed by atoms with E-state index in [4.69, 9.17) is 11.5 Å². The zero-order valence-corrected chi connectivity index (χ0v) is 13.9.